The van der Waals surface area contributed by atoms with Crippen molar-refractivity contribution in [3.05, 3.63) is 52.0 Å². The van der Waals surface area contributed by atoms with Crippen molar-refractivity contribution in [1.82, 2.24) is 0 Å². The summed E-state index contributed by atoms with van der Waals surface area (Å²) in [4.78, 5) is 0. The van der Waals surface area contributed by atoms with E-state index in [1.165, 1.54) is 0 Å². The predicted molar refractivity (Wildman–Crippen MR) is 78.7 cm³/mol. The SMILES string of the molecule is N#Cc1cc(Br)ccc1NCc1cc(N)ccc1O. The van der Waals surface area contributed by atoms with Crippen LogP contribution in [-0.2, 0) is 6.54 Å². The van der Waals surface area contributed by atoms with Crippen molar-refractivity contribution >= 4 is 27.3 Å². The molecule has 0 saturated carbocycles. The summed E-state index contributed by atoms with van der Waals surface area (Å²) in [6.07, 6.45) is 0. The molecule has 0 aliphatic carbocycles. The van der Waals surface area contributed by atoms with Gasteiger partial charge in [0.15, 0.2) is 0 Å². The number of hydrogen-bond acceptors (Lipinski definition) is 4. The van der Waals surface area contributed by atoms with Gasteiger partial charge in [0.1, 0.15) is 11.8 Å². The summed E-state index contributed by atoms with van der Waals surface area (Å²) in [5.74, 6) is 0.178. The maximum atomic E-state index is 9.72. The third-order valence-corrected chi connectivity index (χ3v) is 3.17. The molecule has 0 spiro atoms. The molecule has 4 N–H and O–H groups in total. The van der Waals surface area contributed by atoms with E-state index < -0.39 is 0 Å². The summed E-state index contributed by atoms with van der Waals surface area (Å²) < 4.78 is 0.849. The molecule has 0 heterocycles. The van der Waals surface area contributed by atoms with Crippen molar-refractivity contribution in [2.75, 3.05) is 11.1 Å². The Bertz CT molecular complexity index is 650. The maximum absolute atomic E-state index is 9.72. The standard InChI is InChI=1S/C14H12BrN3O/c15-11-1-3-13(9(5-11)7-16)18-8-10-6-12(17)2-4-14(10)19/h1-6,18-19H,8,17H2. The molecule has 0 unspecified atom stereocenters. The van der Waals surface area contributed by atoms with Crippen molar-refractivity contribution in [2.24, 2.45) is 0 Å². The van der Waals surface area contributed by atoms with Gasteiger partial charge in [0.25, 0.3) is 0 Å². The monoisotopic (exact) mass is 317 g/mol. The van der Waals surface area contributed by atoms with Crippen molar-refractivity contribution in [3.8, 4) is 11.8 Å². The van der Waals surface area contributed by atoms with Gasteiger partial charge in [0.05, 0.1) is 11.3 Å². The van der Waals surface area contributed by atoms with Crippen LogP contribution in [0.4, 0.5) is 11.4 Å². The Balaban J connectivity index is 2.19. The third-order valence-electron chi connectivity index (χ3n) is 2.67. The molecule has 19 heavy (non-hydrogen) atoms. The highest BCUT2D eigenvalue weighted by atomic mass is 79.9. The van der Waals surface area contributed by atoms with Crippen molar-refractivity contribution in [3.63, 3.8) is 0 Å². The number of phenolic OH excluding ortho intramolecular Hbond substituents is 1. The third kappa shape index (κ3) is 3.18. The minimum Gasteiger partial charge on any atom is -0.508 e. The van der Waals surface area contributed by atoms with E-state index in [1.807, 2.05) is 12.1 Å². The predicted octanol–water partition coefficient (Wildman–Crippen LogP) is 3.22. The lowest BCUT2D eigenvalue weighted by Crippen LogP contribution is -2.02. The molecule has 2 rings (SSSR count). The van der Waals surface area contributed by atoms with Gasteiger partial charge in [0.2, 0.25) is 0 Å². The Morgan fingerprint density at radius 2 is 2.05 bits per heavy atom. The highest BCUT2D eigenvalue weighted by molar-refractivity contribution is 9.10. The second-order valence-electron chi connectivity index (χ2n) is 4.04. The van der Waals surface area contributed by atoms with Gasteiger partial charge in [-0.3, -0.25) is 0 Å². The van der Waals surface area contributed by atoms with Crippen LogP contribution in [0.25, 0.3) is 0 Å². The number of aromatic hydroxyl groups is 1. The molecule has 2 aromatic rings. The average molecular weight is 318 g/mol. The molecule has 0 amide bonds. The zero-order chi connectivity index (χ0) is 13.8. The van der Waals surface area contributed by atoms with Crippen LogP contribution in [0.2, 0.25) is 0 Å². The number of phenols is 1. The lowest BCUT2D eigenvalue weighted by Gasteiger charge is -2.10. The fourth-order valence-corrected chi connectivity index (χ4v) is 2.06. The lowest BCUT2D eigenvalue weighted by molar-refractivity contribution is 0.469. The zero-order valence-electron chi connectivity index (χ0n) is 10.0. The molecule has 2 aromatic carbocycles. The fraction of sp³-hybridized carbons (Fsp3) is 0.0714. The van der Waals surface area contributed by atoms with Crippen LogP contribution in [0.15, 0.2) is 40.9 Å². The smallest absolute Gasteiger partial charge is 0.120 e. The summed E-state index contributed by atoms with van der Waals surface area (Å²) in [7, 11) is 0. The van der Waals surface area contributed by atoms with Crippen LogP contribution in [0.3, 0.4) is 0 Å². The number of rotatable bonds is 3. The molecule has 0 fully saturated rings. The number of nitrogen functional groups attached to an aromatic ring is 1. The molecule has 0 bridgehead atoms. The van der Waals surface area contributed by atoms with Crippen molar-refractivity contribution in [1.29, 1.82) is 5.26 Å². The van der Waals surface area contributed by atoms with E-state index in [0.29, 0.717) is 29.0 Å². The quantitative estimate of drug-likeness (QED) is 0.599. The number of benzene rings is 2. The molecule has 0 aliphatic heterocycles. The highest BCUT2D eigenvalue weighted by Gasteiger charge is 2.05. The maximum Gasteiger partial charge on any atom is 0.120 e. The van der Waals surface area contributed by atoms with Crippen molar-refractivity contribution in [2.45, 2.75) is 6.54 Å². The summed E-state index contributed by atoms with van der Waals surface area (Å²) in [5.41, 5.74) is 8.21. The van der Waals surface area contributed by atoms with Gasteiger partial charge in [0, 0.05) is 22.3 Å². The van der Waals surface area contributed by atoms with E-state index in [1.54, 1.807) is 24.3 Å². The van der Waals surface area contributed by atoms with Gasteiger partial charge >= 0.3 is 0 Å². The van der Waals surface area contributed by atoms with Crippen LogP contribution in [0.1, 0.15) is 11.1 Å². The van der Waals surface area contributed by atoms with E-state index in [0.717, 1.165) is 4.47 Å². The summed E-state index contributed by atoms with van der Waals surface area (Å²) >= 11 is 3.32. The number of nitrogens with zero attached hydrogens (tertiary/aromatic N) is 1. The van der Waals surface area contributed by atoms with Crippen molar-refractivity contribution < 1.29 is 5.11 Å². The Labute approximate surface area is 119 Å². The number of anilines is 2. The van der Waals surface area contributed by atoms with Gasteiger partial charge in [-0.2, -0.15) is 5.26 Å². The van der Waals surface area contributed by atoms with Crippen LogP contribution in [-0.4, -0.2) is 5.11 Å². The Morgan fingerprint density at radius 3 is 2.79 bits per heavy atom. The van der Waals surface area contributed by atoms with Gasteiger partial charge in [-0.1, -0.05) is 15.9 Å². The zero-order valence-corrected chi connectivity index (χ0v) is 11.6. The highest BCUT2D eigenvalue weighted by Crippen LogP contribution is 2.24. The van der Waals surface area contributed by atoms with E-state index in [2.05, 4.69) is 27.3 Å². The second kappa shape index (κ2) is 5.63. The Morgan fingerprint density at radius 1 is 1.26 bits per heavy atom. The molecule has 0 radical (unpaired) electrons. The first-order valence-electron chi connectivity index (χ1n) is 5.61. The fourth-order valence-electron chi connectivity index (χ4n) is 1.70. The first kappa shape index (κ1) is 13.2. The summed E-state index contributed by atoms with van der Waals surface area (Å²) in [6.45, 7) is 0.396. The molecule has 0 aliphatic rings. The molecule has 0 saturated heterocycles. The Kier molecular flexibility index (Phi) is 3.93. The van der Waals surface area contributed by atoms with Gasteiger partial charge in [-0.15, -0.1) is 0 Å². The first-order chi connectivity index (χ1) is 9.10. The first-order valence-corrected chi connectivity index (χ1v) is 6.40. The Hall–Kier alpha value is -2.19. The molecule has 0 aromatic heterocycles. The summed E-state index contributed by atoms with van der Waals surface area (Å²) in [5, 5.41) is 21.9. The largest absolute Gasteiger partial charge is 0.508 e. The average Bonchev–Trinajstić information content (AvgIpc) is 2.40. The van der Waals surface area contributed by atoms with Gasteiger partial charge in [-0.05, 0) is 36.4 Å². The van der Waals surface area contributed by atoms with Crippen LogP contribution in [0.5, 0.6) is 5.75 Å². The number of nitrogens with two attached hydrogens (primary N) is 1. The van der Waals surface area contributed by atoms with E-state index in [4.69, 9.17) is 11.0 Å². The van der Waals surface area contributed by atoms with Crippen LogP contribution >= 0.6 is 15.9 Å². The van der Waals surface area contributed by atoms with Gasteiger partial charge < -0.3 is 16.2 Å². The van der Waals surface area contributed by atoms with E-state index in [-0.39, 0.29) is 5.75 Å². The topological polar surface area (TPSA) is 82.1 Å². The number of nitriles is 1. The molecular formula is C14H12BrN3O. The minimum absolute atomic E-state index is 0.178. The number of hydrogen-bond donors (Lipinski definition) is 3. The van der Waals surface area contributed by atoms with Crippen LogP contribution in [0, 0.1) is 11.3 Å². The molecule has 96 valence electrons. The lowest BCUT2D eigenvalue weighted by atomic mass is 10.1. The molecule has 4 nitrogen and oxygen atoms in total. The number of nitrogens with one attached hydrogen (secondary N) is 1. The minimum atomic E-state index is 0.178. The molecule has 5 heteroatoms. The van der Waals surface area contributed by atoms with Crippen LogP contribution < -0.4 is 11.1 Å². The normalized spacial score (nSPS) is 9.89. The van der Waals surface area contributed by atoms with Gasteiger partial charge in [-0.25, -0.2) is 0 Å². The second-order valence-corrected chi connectivity index (χ2v) is 4.96. The summed E-state index contributed by atoms with van der Waals surface area (Å²) in [6, 6.07) is 12.4. The van der Waals surface area contributed by atoms with E-state index in [9.17, 15) is 5.11 Å². The number of halogens is 1. The molecular weight excluding hydrogens is 306 g/mol. The van der Waals surface area contributed by atoms with E-state index >= 15 is 0 Å². The molecule has 0 atom stereocenters.